The monoisotopic (exact) mass is 533 g/mol. The molecule has 0 spiro atoms. The van der Waals surface area contributed by atoms with Gasteiger partial charge in [0.05, 0.1) is 0 Å². The summed E-state index contributed by atoms with van der Waals surface area (Å²) in [6.07, 6.45) is 3.04. The lowest BCUT2D eigenvalue weighted by atomic mass is 9.95. The molecule has 1 rings (SSSR count). The van der Waals surface area contributed by atoms with E-state index in [1.165, 1.54) is 12.1 Å². The van der Waals surface area contributed by atoms with Crippen LogP contribution in [0, 0.1) is 11.8 Å². The van der Waals surface area contributed by atoms with Crippen LogP contribution in [-0.4, -0.2) is 52.1 Å². The van der Waals surface area contributed by atoms with E-state index in [1.54, 1.807) is 37.8 Å². The molecule has 0 aliphatic heterocycles. The molecule has 0 saturated carbocycles. The smallest absolute Gasteiger partial charge is 0.408 e. The van der Waals surface area contributed by atoms with E-state index in [9.17, 15) is 19.5 Å². The van der Waals surface area contributed by atoms with Crippen molar-refractivity contribution in [3.63, 3.8) is 0 Å². The van der Waals surface area contributed by atoms with Gasteiger partial charge in [-0.05, 0) is 82.9 Å². The number of phenols is 1. The Kier molecular flexibility index (Phi) is 13.6. The second kappa shape index (κ2) is 15.6. The second-order valence-corrected chi connectivity index (χ2v) is 12.0. The van der Waals surface area contributed by atoms with Gasteiger partial charge in [-0.1, -0.05) is 53.2 Å². The van der Waals surface area contributed by atoms with E-state index >= 15 is 0 Å². The number of carbonyl (C=O) groups excluding carboxylic acids is 3. The molecule has 8 heteroatoms. The minimum absolute atomic E-state index is 0.0777. The van der Waals surface area contributed by atoms with Gasteiger partial charge in [0.25, 0.3) is 0 Å². The van der Waals surface area contributed by atoms with Crippen molar-refractivity contribution in [3.05, 3.63) is 29.8 Å². The van der Waals surface area contributed by atoms with E-state index in [2.05, 4.69) is 24.5 Å². The quantitative estimate of drug-likeness (QED) is 0.256. The molecule has 3 atom stereocenters. The van der Waals surface area contributed by atoms with Crippen LogP contribution < -0.4 is 10.6 Å². The Labute approximate surface area is 229 Å². The zero-order valence-electron chi connectivity index (χ0n) is 25.0. The summed E-state index contributed by atoms with van der Waals surface area (Å²) < 4.78 is 5.46. The number of amides is 3. The van der Waals surface area contributed by atoms with E-state index in [0.717, 1.165) is 19.3 Å². The van der Waals surface area contributed by atoms with Gasteiger partial charge in [-0.3, -0.25) is 9.59 Å². The second-order valence-electron chi connectivity index (χ2n) is 12.0. The molecule has 3 unspecified atom stereocenters. The Hall–Kier alpha value is -2.77. The number of nitrogens with one attached hydrogen (secondary N) is 2. The van der Waals surface area contributed by atoms with Crippen molar-refractivity contribution in [1.82, 2.24) is 15.5 Å². The first-order valence-corrected chi connectivity index (χ1v) is 14.0. The Bertz CT molecular complexity index is 877. The Morgan fingerprint density at radius 3 is 2.08 bits per heavy atom. The molecule has 38 heavy (non-hydrogen) atoms. The number of aromatic hydroxyl groups is 1. The topological polar surface area (TPSA) is 108 Å². The summed E-state index contributed by atoms with van der Waals surface area (Å²) in [6.45, 7) is 18.0. The summed E-state index contributed by atoms with van der Waals surface area (Å²) in [5.41, 5.74) is -0.116. The number of hydrogen-bond donors (Lipinski definition) is 3. The van der Waals surface area contributed by atoms with Crippen LogP contribution in [-0.2, 0) is 14.3 Å². The Morgan fingerprint density at radius 2 is 1.58 bits per heavy atom. The van der Waals surface area contributed by atoms with Gasteiger partial charge in [-0.2, -0.15) is 0 Å². The molecule has 0 aliphatic carbocycles. The van der Waals surface area contributed by atoms with Crippen LogP contribution in [0.1, 0.15) is 106 Å². The molecule has 0 aliphatic rings. The number of benzene rings is 1. The first-order valence-electron chi connectivity index (χ1n) is 14.0. The lowest BCUT2D eigenvalue weighted by molar-refractivity contribution is -0.145. The average molecular weight is 534 g/mol. The zero-order valence-corrected chi connectivity index (χ0v) is 25.0. The van der Waals surface area contributed by atoms with Gasteiger partial charge in [0.15, 0.2) is 0 Å². The highest BCUT2D eigenvalue weighted by Crippen LogP contribution is 2.29. The zero-order chi connectivity index (χ0) is 29.0. The molecular weight excluding hydrogens is 482 g/mol. The fraction of sp³-hybridized carbons (Fsp3) is 0.700. The van der Waals surface area contributed by atoms with Crippen molar-refractivity contribution in [3.8, 4) is 5.75 Å². The van der Waals surface area contributed by atoms with E-state index < -0.39 is 23.8 Å². The largest absolute Gasteiger partial charge is 0.508 e. The number of carbonyl (C=O) groups is 3. The van der Waals surface area contributed by atoms with Gasteiger partial charge in [-0.25, -0.2) is 4.79 Å². The predicted molar refractivity (Wildman–Crippen MR) is 152 cm³/mol. The molecule has 1 aromatic rings. The lowest BCUT2D eigenvalue weighted by Crippen LogP contribution is -2.56. The lowest BCUT2D eigenvalue weighted by Gasteiger charge is -2.39. The third-order valence-electron chi connectivity index (χ3n) is 6.15. The minimum atomic E-state index is -0.919. The van der Waals surface area contributed by atoms with Gasteiger partial charge in [0, 0.05) is 12.6 Å². The van der Waals surface area contributed by atoms with Crippen molar-refractivity contribution in [2.24, 2.45) is 11.8 Å². The molecular formula is C30H51N3O5. The van der Waals surface area contributed by atoms with Crippen LogP contribution in [0.15, 0.2) is 24.3 Å². The van der Waals surface area contributed by atoms with Gasteiger partial charge in [0.1, 0.15) is 23.4 Å². The van der Waals surface area contributed by atoms with Gasteiger partial charge in [-0.15, -0.1) is 0 Å². The molecule has 0 radical (unpaired) electrons. The number of nitrogens with zero attached hydrogens (tertiary/aromatic N) is 1. The van der Waals surface area contributed by atoms with Gasteiger partial charge in [0.2, 0.25) is 11.8 Å². The molecule has 1 aromatic carbocycles. The van der Waals surface area contributed by atoms with Crippen molar-refractivity contribution < 1.29 is 24.2 Å². The molecule has 8 nitrogen and oxygen atoms in total. The summed E-state index contributed by atoms with van der Waals surface area (Å²) in [7, 11) is 0. The van der Waals surface area contributed by atoms with Crippen molar-refractivity contribution in [2.75, 3.05) is 6.54 Å². The summed E-state index contributed by atoms with van der Waals surface area (Å²) >= 11 is 0. The normalized spacial score (nSPS) is 14.1. The number of phenolic OH excluding ortho intramolecular Hbond substituents is 1. The standard InChI is InChI=1S/C30H51N3O5/c1-10-11-18-31-27(35)26(23-14-16-24(34)17-15-23)33(22(6)13-12-20(2)3)28(36)25(19-21(4)5)32-29(37)38-30(7,8)9/h14-17,20-22,25-26,34H,10-13,18-19H2,1-9H3,(H,31,35)(H,32,37). The maximum absolute atomic E-state index is 14.3. The van der Waals surface area contributed by atoms with Crippen molar-refractivity contribution in [2.45, 2.75) is 118 Å². The highest BCUT2D eigenvalue weighted by Gasteiger charge is 2.39. The Morgan fingerprint density at radius 1 is 0.974 bits per heavy atom. The number of rotatable bonds is 14. The summed E-state index contributed by atoms with van der Waals surface area (Å²) in [4.78, 5) is 42.3. The molecule has 0 heterocycles. The van der Waals surface area contributed by atoms with Crippen LogP contribution in [0.4, 0.5) is 4.79 Å². The fourth-order valence-corrected chi connectivity index (χ4v) is 4.22. The maximum atomic E-state index is 14.3. The number of hydrogen-bond acceptors (Lipinski definition) is 5. The fourth-order valence-electron chi connectivity index (χ4n) is 4.22. The van der Waals surface area contributed by atoms with Crippen LogP contribution >= 0.6 is 0 Å². The van der Waals surface area contributed by atoms with Crippen LogP contribution in [0.5, 0.6) is 5.75 Å². The number of ether oxygens (including phenoxy) is 1. The van der Waals surface area contributed by atoms with Gasteiger partial charge < -0.3 is 25.4 Å². The maximum Gasteiger partial charge on any atom is 0.408 e. The van der Waals surface area contributed by atoms with E-state index in [-0.39, 0.29) is 29.5 Å². The predicted octanol–water partition coefficient (Wildman–Crippen LogP) is 5.94. The Balaban J connectivity index is 3.56. The molecule has 3 amide bonds. The van der Waals surface area contributed by atoms with Crippen molar-refractivity contribution >= 4 is 17.9 Å². The molecule has 0 bridgehead atoms. The number of unbranched alkanes of at least 4 members (excludes halogenated alkanes) is 1. The van der Waals surface area contributed by atoms with Crippen molar-refractivity contribution in [1.29, 1.82) is 0 Å². The SMILES string of the molecule is CCCCNC(=O)C(c1ccc(O)cc1)N(C(=O)C(CC(C)C)NC(=O)OC(C)(C)C)C(C)CCC(C)C. The third-order valence-corrected chi connectivity index (χ3v) is 6.15. The first kappa shape index (κ1) is 33.3. The molecule has 0 saturated heterocycles. The first-order chi connectivity index (χ1) is 17.7. The molecule has 0 aromatic heterocycles. The summed E-state index contributed by atoms with van der Waals surface area (Å²) in [5, 5.41) is 15.7. The van der Waals surface area contributed by atoms with Crippen LogP contribution in [0.25, 0.3) is 0 Å². The highest BCUT2D eigenvalue weighted by molar-refractivity contribution is 5.92. The van der Waals surface area contributed by atoms with Crippen LogP contribution in [0.3, 0.4) is 0 Å². The number of alkyl carbamates (subject to hydrolysis) is 1. The molecule has 216 valence electrons. The summed E-state index contributed by atoms with van der Waals surface area (Å²) in [5.74, 6) is -0.00338. The van der Waals surface area contributed by atoms with Gasteiger partial charge >= 0.3 is 6.09 Å². The average Bonchev–Trinajstić information content (AvgIpc) is 2.79. The minimum Gasteiger partial charge on any atom is -0.508 e. The van der Waals surface area contributed by atoms with E-state index in [4.69, 9.17) is 4.74 Å². The summed E-state index contributed by atoms with van der Waals surface area (Å²) in [6, 6.07) is 4.32. The van der Waals surface area contributed by atoms with Crippen LogP contribution in [0.2, 0.25) is 0 Å². The highest BCUT2D eigenvalue weighted by atomic mass is 16.6. The van der Waals surface area contributed by atoms with E-state index in [1.807, 2.05) is 27.7 Å². The third kappa shape index (κ3) is 11.7. The molecule has 3 N–H and O–H groups in total. The molecule has 0 fully saturated rings. The van der Waals surface area contributed by atoms with E-state index in [0.29, 0.717) is 30.9 Å².